The Bertz CT molecular complexity index is 686. The van der Waals surface area contributed by atoms with Gasteiger partial charge in [0.2, 0.25) is 0 Å². The maximum Gasteiger partial charge on any atom is 0.178 e. The largest absolute Gasteiger partial charge is 0.504 e. The third kappa shape index (κ3) is 2.68. The lowest BCUT2D eigenvalue weighted by atomic mass is 10.0. The van der Waals surface area contributed by atoms with E-state index in [9.17, 15) is 20.4 Å². The van der Waals surface area contributed by atoms with Gasteiger partial charge in [0.25, 0.3) is 0 Å². The van der Waals surface area contributed by atoms with E-state index in [1.54, 1.807) is 0 Å². The van der Waals surface area contributed by atoms with Crippen molar-refractivity contribution in [3.05, 3.63) is 44.4 Å². The highest BCUT2D eigenvalue weighted by molar-refractivity contribution is 6.43. The molecule has 106 valence electrons. The summed E-state index contributed by atoms with van der Waals surface area (Å²) in [5, 5.41) is 37.9. The van der Waals surface area contributed by atoms with E-state index in [1.807, 2.05) is 0 Å². The van der Waals surface area contributed by atoms with Crippen LogP contribution < -0.4 is 0 Å². The van der Waals surface area contributed by atoms with Crippen molar-refractivity contribution < 1.29 is 20.4 Å². The molecule has 0 unspecified atom stereocenters. The van der Waals surface area contributed by atoms with Crippen LogP contribution in [0.15, 0.2) is 18.2 Å². The summed E-state index contributed by atoms with van der Waals surface area (Å²) in [5.41, 5.74) is 0.893. The first-order valence-corrected chi connectivity index (χ1v) is 6.53. The van der Waals surface area contributed by atoms with Crippen molar-refractivity contribution in [2.45, 2.75) is 6.42 Å². The molecule has 0 saturated carbocycles. The van der Waals surface area contributed by atoms with Crippen LogP contribution in [0.4, 0.5) is 0 Å². The number of benzene rings is 2. The average Bonchev–Trinajstić information content (AvgIpc) is 2.39. The second-order valence-electron chi connectivity index (χ2n) is 4.14. The zero-order valence-corrected chi connectivity index (χ0v) is 12.1. The van der Waals surface area contributed by atoms with Gasteiger partial charge >= 0.3 is 0 Å². The number of hydrogen-bond donors (Lipinski definition) is 4. The topological polar surface area (TPSA) is 80.9 Å². The molecule has 0 aliphatic rings. The Hall–Kier alpha value is -1.49. The Kier molecular flexibility index (Phi) is 4.09. The summed E-state index contributed by atoms with van der Waals surface area (Å²) in [4.78, 5) is 0. The summed E-state index contributed by atoms with van der Waals surface area (Å²) >= 11 is 17.7. The number of aromatic hydroxyl groups is 4. The zero-order chi connectivity index (χ0) is 15.0. The van der Waals surface area contributed by atoms with E-state index in [0.29, 0.717) is 11.1 Å². The van der Waals surface area contributed by atoms with Crippen molar-refractivity contribution in [3.8, 4) is 23.0 Å². The van der Waals surface area contributed by atoms with Gasteiger partial charge in [-0.2, -0.15) is 0 Å². The summed E-state index contributed by atoms with van der Waals surface area (Å²) in [6, 6.07) is 3.73. The van der Waals surface area contributed by atoms with Crippen LogP contribution >= 0.6 is 34.8 Å². The second-order valence-corrected chi connectivity index (χ2v) is 5.30. The van der Waals surface area contributed by atoms with Gasteiger partial charge in [-0.05, 0) is 23.3 Å². The third-order valence-corrected chi connectivity index (χ3v) is 4.01. The molecule has 2 aromatic rings. The zero-order valence-electron chi connectivity index (χ0n) is 9.86. The average molecular weight is 336 g/mol. The minimum Gasteiger partial charge on any atom is -0.504 e. The molecule has 4 nitrogen and oxygen atoms in total. The number of phenolic OH excluding ortho intramolecular Hbond substituents is 4. The molecule has 0 aliphatic heterocycles. The van der Waals surface area contributed by atoms with Crippen molar-refractivity contribution in [2.75, 3.05) is 0 Å². The number of rotatable bonds is 2. The molecule has 0 spiro atoms. The Labute approximate surface area is 129 Å². The maximum absolute atomic E-state index is 9.54. The lowest BCUT2D eigenvalue weighted by Crippen LogP contribution is -1.92. The van der Waals surface area contributed by atoms with Crippen LogP contribution in [0.2, 0.25) is 15.1 Å². The van der Waals surface area contributed by atoms with E-state index in [1.165, 1.54) is 18.2 Å². The first-order valence-electron chi connectivity index (χ1n) is 5.40. The van der Waals surface area contributed by atoms with E-state index in [-0.39, 0.29) is 33.0 Å². The lowest BCUT2D eigenvalue weighted by molar-refractivity contribution is 0.402. The van der Waals surface area contributed by atoms with E-state index in [4.69, 9.17) is 34.8 Å². The monoisotopic (exact) mass is 334 g/mol. The molecule has 2 aromatic carbocycles. The molecule has 0 amide bonds. The molecule has 0 saturated heterocycles. The van der Waals surface area contributed by atoms with Gasteiger partial charge in [-0.25, -0.2) is 0 Å². The Morgan fingerprint density at radius 1 is 0.700 bits per heavy atom. The Balaban J connectivity index is 2.48. The normalized spacial score (nSPS) is 10.8. The van der Waals surface area contributed by atoms with Gasteiger partial charge in [0.1, 0.15) is 5.02 Å². The molecule has 0 heterocycles. The van der Waals surface area contributed by atoms with Crippen LogP contribution in [-0.4, -0.2) is 20.4 Å². The van der Waals surface area contributed by atoms with Crippen molar-refractivity contribution >= 4 is 34.8 Å². The van der Waals surface area contributed by atoms with Gasteiger partial charge < -0.3 is 20.4 Å². The van der Waals surface area contributed by atoms with Crippen molar-refractivity contribution in [3.63, 3.8) is 0 Å². The Morgan fingerprint density at radius 3 is 1.90 bits per heavy atom. The van der Waals surface area contributed by atoms with E-state index >= 15 is 0 Å². The molecule has 4 N–H and O–H groups in total. The Morgan fingerprint density at radius 2 is 1.25 bits per heavy atom. The first-order chi connectivity index (χ1) is 9.31. The van der Waals surface area contributed by atoms with Crippen LogP contribution in [-0.2, 0) is 6.42 Å². The van der Waals surface area contributed by atoms with E-state index in [0.717, 1.165) is 0 Å². The molecular formula is C13H9Cl3O4. The van der Waals surface area contributed by atoms with Crippen LogP contribution in [0.3, 0.4) is 0 Å². The van der Waals surface area contributed by atoms with Crippen molar-refractivity contribution in [1.82, 2.24) is 0 Å². The van der Waals surface area contributed by atoms with Gasteiger partial charge in [0.15, 0.2) is 23.0 Å². The summed E-state index contributed by atoms with van der Waals surface area (Å²) in [7, 11) is 0. The van der Waals surface area contributed by atoms with Crippen LogP contribution in [0, 0.1) is 0 Å². The SMILES string of the molecule is Oc1cc(Cl)c(Cc2cc(O)c(O)c(Cl)c2Cl)cc1O. The highest BCUT2D eigenvalue weighted by Gasteiger charge is 2.16. The van der Waals surface area contributed by atoms with E-state index in [2.05, 4.69) is 0 Å². The molecule has 2 rings (SSSR count). The molecule has 7 heteroatoms. The fourth-order valence-corrected chi connectivity index (χ4v) is 2.37. The predicted octanol–water partition coefficient (Wildman–Crippen LogP) is 4.06. The summed E-state index contributed by atoms with van der Waals surface area (Å²) in [5.74, 6) is -1.57. The van der Waals surface area contributed by atoms with Gasteiger partial charge in [0, 0.05) is 17.5 Å². The number of hydrogen-bond acceptors (Lipinski definition) is 4. The predicted molar refractivity (Wildman–Crippen MR) is 77.4 cm³/mol. The first kappa shape index (κ1) is 14.9. The highest BCUT2D eigenvalue weighted by atomic mass is 35.5. The van der Waals surface area contributed by atoms with Crippen LogP contribution in [0.25, 0.3) is 0 Å². The van der Waals surface area contributed by atoms with Crippen molar-refractivity contribution in [1.29, 1.82) is 0 Å². The molecule has 0 aromatic heterocycles. The summed E-state index contributed by atoms with van der Waals surface area (Å²) < 4.78 is 0. The fourth-order valence-electron chi connectivity index (χ4n) is 1.72. The molecule has 20 heavy (non-hydrogen) atoms. The molecule has 0 atom stereocenters. The highest BCUT2D eigenvalue weighted by Crippen LogP contribution is 2.42. The maximum atomic E-state index is 9.54. The van der Waals surface area contributed by atoms with Crippen LogP contribution in [0.5, 0.6) is 23.0 Å². The third-order valence-electron chi connectivity index (χ3n) is 2.76. The van der Waals surface area contributed by atoms with Gasteiger partial charge in [0.05, 0.1) is 5.02 Å². The van der Waals surface area contributed by atoms with Crippen LogP contribution in [0.1, 0.15) is 11.1 Å². The quantitative estimate of drug-likeness (QED) is 0.624. The van der Waals surface area contributed by atoms with Gasteiger partial charge in [-0.1, -0.05) is 34.8 Å². The molecular weight excluding hydrogens is 326 g/mol. The molecule has 0 aliphatic carbocycles. The lowest BCUT2D eigenvalue weighted by Gasteiger charge is -2.11. The number of halogens is 3. The van der Waals surface area contributed by atoms with Gasteiger partial charge in [-0.15, -0.1) is 0 Å². The molecule has 0 radical (unpaired) electrons. The minimum atomic E-state index is -0.500. The van der Waals surface area contributed by atoms with Gasteiger partial charge in [-0.3, -0.25) is 0 Å². The molecule has 0 bridgehead atoms. The summed E-state index contributed by atoms with van der Waals surface area (Å²) in [6.07, 6.45) is 0.152. The molecule has 0 fully saturated rings. The summed E-state index contributed by atoms with van der Waals surface area (Å²) in [6.45, 7) is 0. The second kappa shape index (κ2) is 5.48. The standard InChI is InChI=1S/C13H9Cl3O4/c14-7-4-9(18)8(17)2-5(7)1-6-3-10(19)13(20)12(16)11(6)15/h2-4,17-20H,1H2. The smallest absolute Gasteiger partial charge is 0.178 e. The van der Waals surface area contributed by atoms with Crippen molar-refractivity contribution in [2.24, 2.45) is 0 Å². The minimum absolute atomic E-state index is 0.0746. The fraction of sp³-hybridized carbons (Fsp3) is 0.0769. The van der Waals surface area contributed by atoms with E-state index < -0.39 is 11.5 Å². The number of phenols is 4.